The third-order valence-electron chi connectivity index (χ3n) is 2.77. The van der Waals surface area contributed by atoms with Gasteiger partial charge in [-0.05, 0) is 13.0 Å². The molecule has 0 aliphatic heterocycles. The van der Waals surface area contributed by atoms with Crippen LogP contribution in [0.1, 0.15) is 25.1 Å². The minimum Gasteiger partial charge on any atom is -0.310 e. The van der Waals surface area contributed by atoms with Gasteiger partial charge in [0.25, 0.3) is 10.0 Å². The number of sulfonamides is 1. The van der Waals surface area contributed by atoms with Gasteiger partial charge in [-0.2, -0.15) is 13.5 Å². The molecule has 114 valence electrons. The first-order valence-electron chi connectivity index (χ1n) is 6.47. The lowest BCUT2D eigenvalue weighted by Crippen LogP contribution is -2.24. The summed E-state index contributed by atoms with van der Waals surface area (Å²) in [5.74, 6) is 0.0147. The maximum absolute atomic E-state index is 12.4. The molecule has 0 radical (unpaired) electrons. The standard InChI is InChI=1S/C12H18N6O2S/c1-8(2)15-7-10-9(3)16-17-11(10)21(19,20)18-12-13-5-4-6-14-12/h4-6,8,15H,7H2,1-3H3,(H,16,17)(H,13,14,18). The van der Waals surface area contributed by atoms with Crippen LogP contribution in [-0.4, -0.2) is 34.6 Å². The van der Waals surface area contributed by atoms with E-state index in [4.69, 9.17) is 0 Å². The molecule has 0 unspecified atom stereocenters. The lowest BCUT2D eigenvalue weighted by atomic mass is 10.2. The fourth-order valence-corrected chi connectivity index (χ4v) is 2.84. The molecular weight excluding hydrogens is 292 g/mol. The molecule has 2 rings (SSSR count). The molecule has 0 saturated heterocycles. The molecular formula is C12H18N6O2S. The Bertz CT molecular complexity index is 696. The summed E-state index contributed by atoms with van der Waals surface area (Å²) in [4.78, 5) is 7.69. The molecule has 0 aromatic carbocycles. The second-order valence-electron chi connectivity index (χ2n) is 4.85. The Hall–Kier alpha value is -2.00. The van der Waals surface area contributed by atoms with Crippen LogP contribution in [0, 0.1) is 6.92 Å². The smallest absolute Gasteiger partial charge is 0.283 e. The number of aromatic nitrogens is 4. The SMILES string of the molecule is Cc1[nH]nc(S(=O)(=O)Nc2ncccn2)c1CNC(C)C. The second-order valence-corrected chi connectivity index (χ2v) is 6.44. The van der Waals surface area contributed by atoms with Crippen LogP contribution in [-0.2, 0) is 16.6 Å². The van der Waals surface area contributed by atoms with Gasteiger partial charge in [0.05, 0.1) is 0 Å². The average Bonchev–Trinajstić information content (AvgIpc) is 2.79. The largest absolute Gasteiger partial charge is 0.310 e. The van der Waals surface area contributed by atoms with Crippen molar-refractivity contribution in [3.8, 4) is 0 Å². The van der Waals surface area contributed by atoms with Crippen molar-refractivity contribution in [3.05, 3.63) is 29.7 Å². The van der Waals surface area contributed by atoms with Crippen molar-refractivity contribution >= 4 is 16.0 Å². The van der Waals surface area contributed by atoms with E-state index in [0.29, 0.717) is 17.8 Å². The van der Waals surface area contributed by atoms with Gasteiger partial charge in [-0.25, -0.2) is 14.7 Å². The highest BCUT2D eigenvalue weighted by atomic mass is 32.2. The molecule has 21 heavy (non-hydrogen) atoms. The maximum Gasteiger partial charge on any atom is 0.283 e. The molecule has 2 aromatic rings. The van der Waals surface area contributed by atoms with Crippen molar-refractivity contribution in [2.75, 3.05) is 4.72 Å². The van der Waals surface area contributed by atoms with E-state index in [-0.39, 0.29) is 17.0 Å². The van der Waals surface area contributed by atoms with Gasteiger partial charge in [-0.15, -0.1) is 0 Å². The van der Waals surface area contributed by atoms with Crippen molar-refractivity contribution in [1.82, 2.24) is 25.5 Å². The van der Waals surface area contributed by atoms with Crippen LogP contribution in [0.4, 0.5) is 5.95 Å². The summed E-state index contributed by atoms with van der Waals surface area (Å²) in [6.07, 6.45) is 2.92. The zero-order valence-corrected chi connectivity index (χ0v) is 12.9. The maximum atomic E-state index is 12.4. The van der Waals surface area contributed by atoms with Crippen LogP contribution in [0.5, 0.6) is 0 Å². The van der Waals surface area contributed by atoms with Crippen molar-refractivity contribution in [3.63, 3.8) is 0 Å². The number of nitrogens with one attached hydrogen (secondary N) is 3. The van der Waals surface area contributed by atoms with Crippen molar-refractivity contribution < 1.29 is 8.42 Å². The number of hydrogen-bond acceptors (Lipinski definition) is 6. The fraction of sp³-hybridized carbons (Fsp3) is 0.417. The van der Waals surface area contributed by atoms with Gasteiger partial charge in [-0.1, -0.05) is 13.8 Å². The summed E-state index contributed by atoms with van der Waals surface area (Å²) in [6.45, 7) is 6.16. The van der Waals surface area contributed by atoms with Crippen LogP contribution >= 0.6 is 0 Å². The van der Waals surface area contributed by atoms with Gasteiger partial charge in [0, 0.05) is 36.2 Å². The quantitative estimate of drug-likeness (QED) is 0.727. The van der Waals surface area contributed by atoms with E-state index >= 15 is 0 Å². The summed E-state index contributed by atoms with van der Waals surface area (Å²) in [5.41, 5.74) is 1.31. The number of nitrogens with zero attached hydrogens (tertiary/aromatic N) is 3. The minimum atomic E-state index is -3.83. The molecule has 2 heterocycles. The Balaban J connectivity index is 2.28. The zero-order valence-electron chi connectivity index (χ0n) is 12.1. The molecule has 0 saturated carbocycles. The molecule has 0 amide bonds. The molecule has 2 aromatic heterocycles. The number of anilines is 1. The minimum absolute atomic E-state index is 0.0147. The lowest BCUT2D eigenvalue weighted by molar-refractivity contribution is 0.573. The van der Waals surface area contributed by atoms with Crippen molar-refractivity contribution in [1.29, 1.82) is 0 Å². The first kappa shape index (κ1) is 15.4. The summed E-state index contributed by atoms with van der Waals surface area (Å²) in [5, 5.41) is 9.73. The summed E-state index contributed by atoms with van der Waals surface area (Å²) < 4.78 is 27.1. The summed E-state index contributed by atoms with van der Waals surface area (Å²) >= 11 is 0. The van der Waals surface area contributed by atoms with Crippen LogP contribution in [0.2, 0.25) is 0 Å². The Morgan fingerprint density at radius 1 is 1.29 bits per heavy atom. The molecule has 0 spiro atoms. The molecule has 0 aliphatic carbocycles. The normalized spacial score (nSPS) is 11.8. The van der Waals surface area contributed by atoms with E-state index < -0.39 is 10.0 Å². The van der Waals surface area contributed by atoms with E-state index in [2.05, 4.69) is 30.2 Å². The van der Waals surface area contributed by atoms with E-state index in [1.54, 1.807) is 13.0 Å². The monoisotopic (exact) mass is 310 g/mol. The van der Waals surface area contributed by atoms with Gasteiger partial charge in [-0.3, -0.25) is 5.10 Å². The first-order chi connectivity index (χ1) is 9.90. The number of H-pyrrole nitrogens is 1. The Kier molecular flexibility index (Phi) is 4.53. The van der Waals surface area contributed by atoms with Gasteiger partial charge < -0.3 is 5.32 Å². The zero-order chi connectivity index (χ0) is 15.5. The van der Waals surface area contributed by atoms with E-state index in [9.17, 15) is 8.42 Å². The molecule has 0 atom stereocenters. The second kappa shape index (κ2) is 6.19. The molecule has 8 nitrogen and oxygen atoms in total. The number of aryl methyl sites for hydroxylation is 1. The van der Waals surface area contributed by atoms with E-state index in [1.165, 1.54) is 12.4 Å². The molecule has 0 fully saturated rings. The van der Waals surface area contributed by atoms with Crippen LogP contribution in [0.25, 0.3) is 0 Å². The lowest BCUT2D eigenvalue weighted by Gasteiger charge is -2.10. The molecule has 0 aliphatic rings. The predicted molar refractivity (Wildman–Crippen MR) is 78.1 cm³/mol. The van der Waals surface area contributed by atoms with Gasteiger partial charge >= 0.3 is 0 Å². The van der Waals surface area contributed by atoms with E-state index in [1.807, 2.05) is 13.8 Å². The number of rotatable bonds is 6. The number of hydrogen-bond donors (Lipinski definition) is 3. The van der Waals surface area contributed by atoms with Crippen LogP contribution in [0.3, 0.4) is 0 Å². The topological polar surface area (TPSA) is 113 Å². The third-order valence-corrected chi connectivity index (χ3v) is 4.07. The van der Waals surface area contributed by atoms with Crippen molar-refractivity contribution in [2.24, 2.45) is 0 Å². The first-order valence-corrected chi connectivity index (χ1v) is 7.95. The van der Waals surface area contributed by atoms with Gasteiger partial charge in [0.1, 0.15) is 0 Å². The average molecular weight is 310 g/mol. The number of aromatic amines is 1. The fourth-order valence-electron chi connectivity index (χ4n) is 1.69. The van der Waals surface area contributed by atoms with Gasteiger partial charge in [0.2, 0.25) is 11.0 Å². The molecule has 0 bridgehead atoms. The predicted octanol–water partition coefficient (Wildman–Crippen LogP) is 0.807. The highest BCUT2D eigenvalue weighted by Gasteiger charge is 2.24. The highest BCUT2D eigenvalue weighted by Crippen LogP contribution is 2.18. The molecule has 9 heteroatoms. The molecule has 3 N–H and O–H groups in total. The van der Waals surface area contributed by atoms with Crippen LogP contribution < -0.4 is 10.0 Å². The van der Waals surface area contributed by atoms with Crippen molar-refractivity contribution in [2.45, 2.75) is 38.4 Å². The summed E-state index contributed by atoms with van der Waals surface area (Å²) in [7, 11) is -3.83. The Labute approximate surface area is 123 Å². The summed E-state index contributed by atoms with van der Waals surface area (Å²) in [6, 6.07) is 1.84. The Morgan fingerprint density at radius 2 is 1.95 bits per heavy atom. The van der Waals surface area contributed by atoms with Crippen LogP contribution in [0.15, 0.2) is 23.5 Å². The van der Waals surface area contributed by atoms with Gasteiger partial charge in [0.15, 0.2) is 0 Å². The third kappa shape index (κ3) is 3.76. The van der Waals surface area contributed by atoms with E-state index in [0.717, 1.165) is 0 Å². The highest BCUT2D eigenvalue weighted by molar-refractivity contribution is 7.92. The Morgan fingerprint density at radius 3 is 2.57 bits per heavy atom.